The van der Waals surface area contributed by atoms with Gasteiger partial charge in [-0.2, -0.15) is 0 Å². The fourth-order valence-corrected chi connectivity index (χ4v) is 4.38. The molecular formula is C21H32N2O. The normalized spacial score (nSPS) is 25.6. The quantitative estimate of drug-likeness (QED) is 0.541. The molecule has 1 aliphatic heterocycles. The van der Waals surface area contributed by atoms with Gasteiger partial charge in [-0.15, -0.1) is 0 Å². The molecular weight excluding hydrogens is 296 g/mol. The van der Waals surface area contributed by atoms with Gasteiger partial charge >= 0.3 is 0 Å². The smallest absolute Gasteiger partial charge is 0.0794 e. The largest absolute Gasteiger partial charge is 0.411 e. The predicted octanol–water partition coefficient (Wildman–Crippen LogP) is 5.55. The molecule has 1 fully saturated rings. The number of fused-ring (bicyclic) bond motifs is 1. The lowest BCUT2D eigenvalue weighted by Crippen LogP contribution is -2.44. The number of nitrogens with zero attached hydrogens (tertiary/aromatic N) is 2. The Balaban J connectivity index is 1.80. The molecule has 1 aliphatic carbocycles. The molecule has 3 heteroatoms. The third kappa shape index (κ3) is 4.31. The summed E-state index contributed by atoms with van der Waals surface area (Å²) < 4.78 is 0. The van der Waals surface area contributed by atoms with Crippen LogP contribution in [-0.2, 0) is 6.42 Å². The molecule has 2 aliphatic rings. The molecule has 1 unspecified atom stereocenters. The zero-order chi connectivity index (χ0) is 16.6. The molecule has 0 radical (unpaired) electrons. The van der Waals surface area contributed by atoms with Gasteiger partial charge in [0.05, 0.1) is 11.8 Å². The minimum Gasteiger partial charge on any atom is -0.411 e. The van der Waals surface area contributed by atoms with Gasteiger partial charge in [0, 0.05) is 12.2 Å². The predicted molar refractivity (Wildman–Crippen MR) is 101 cm³/mol. The number of para-hydroxylation sites is 1. The van der Waals surface area contributed by atoms with Gasteiger partial charge in [0.1, 0.15) is 0 Å². The van der Waals surface area contributed by atoms with Gasteiger partial charge in [-0.3, -0.25) is 0 Å². The highest BCUT2D eigenvalue weighted by molar-refractivity contribution is 5.92. The summed E-state index contributed by atoms with van der Waals surface area (Å²) in [6, 6.07) is 9.06. The van der Waals surface area contributed by atoms with Crippen molar-refractivity contribution in [3.63, 3.8) is 0 Å². The van der Waals surface area contributed by atoms with Crippen LogP contribution in [0.1, 0.15) is 76.2 Å². The molecule has 0 aromatic heterocycles. The molecule has 0 saturated heterocycles. The van der Waals surface area contributed by atoms with E-state index < -0.39 is 0 Å². The van der Waals surface area contributed by atoms with Crippen molar-refractivity contribution in [2.24, 2.45) is 5.16 Å². The topological polar surface area (TPSA) is 35.8 Å². The number of aryl methyl sites for hydroxylation is 1. The van der Waals surface area contributed by atoms with Crippen LogP contribution >= 0.6 is 0 Å². The lowest BCUT2D eigenvalue weighted by molar-refractivity contribution is 0.313. The summed E-state index contributed by atoms with van der Waals surface area (Å²) in [7, 11) is 0. The number of anilines is 1. The average Bonchev–Trinajstić information content (AvgIpc) is 2.62. The minimum atomic E-state index is 0.274. The Morgan fingerprint density at radius 3 is 2.33 bits per heavy atom. The number of oxime groups is 1. The van der Waals surface area contributed by atoms with Gasteiger partial charge in [0.2, 0.25) is 0 Å². The van der Waals surface area contributed by atoms with Gasteiger partial charge < -0.3 is 10.1 Å². The van der Waals surface area contributed by atoms with Crippen molar-refractivity contribution in [3.8, 4) is 0 Å². The lowest BCUT2D eigenvalue weighted by atomic mass is 9.92. The SMILES string of the molecule is ON=C1CCCCCCCCCCC1N1CCCc2ccccc21. The van der Waals surface area contributed by atoms with Crippen molar-refractivity contribution in [2.75, 3.05) is 11.4 Å². The Labute approximate surface area is 146 Å². The maximum Gasteiger partial charge on any atom is 0.0794 e. The van der Waals surface area contributed by atoms with E-state index >= 15 is 0 Å². The van der Waals surface area contributed by atoms with Crippen LogP contribution in [0.5, 0.6) is 0 Å². The summed E-state index contributed by atoms with van der Waals surface area (Å²) in [4.78, 5) is 2.53. The van der Waals surface area contributed by atoms with E-state index in [2.05, 4.69) is 34.3 Å². The molecule has 1 N–H and O–H groups in total. The first-order valence-electron chi connectivity index (χ1n) is 9.95. The van der Waals surface area contributed by atoms with Gasteiger partial charge in [-0.1, -0.05) is 68.3 Å². The van der Waals surface area contributed by atoms with Crippen LogP contribution in [0, 0.1) is 0 Å². The highest BCUT2D eigenvalue weighted by atomic mass is 16.4. The first-order valence-corrected chi connectivity index (χ1v) is 9.95. The fourth-order valence-electron chi connectivity index (χ4n) is 4.38. The Morgan fingerprint density at radius 2 is 1.54 bits per heavy atom. The average molecular weight is 328 g/mol. The third-order valence-corrected chi connectivity index (χ3v) is 5.70. The second-order valence-corrected chi connectivity index (χ2v) is 7.40. The second-order valence-electron chi connectivity index (χ2n) is 7.40. The first kappa shape index (κ1) is 17.3. The minimum absolute atomic E-state index is 0.274. The van der Waals surface area contributed by atoms with E-state index in [0.717, 1.165) is 31.5 Å². The van der Waals surface area contributed by atoms with Crippen molar-refractivity contribution < 1.29 is 5.21 Å². The van der Waals surface area contributed by atoms with Gasteiger partial charge in [0.15, 0.2) is 0 Å². The van der Waals surface area contributed by atoms with E-state index in [4.69, 9.17) is 0 Å². The summed E-state index contributed by atoms with van der Waals surface area (Å²) in [5.74, 6) is 0. The maximum atomic E-state index is 9.71. The van der Waals surface area contributed by atoms with Crippen LogP contribution in [0.3, 0.4) is 0 Å². The molecule has 0 spiro atoms. The van der Waals surface area contributed by atoms with E-state index in [1.807, 2.05) is 0 Å². The molecule has 1 saturated carbocycles. The summed E-state index contributed by atoms with van der Waals surface area (Å²) in [6.07, 6.45) is 14.9. The van der Waals surface area contributed by atoms with Crippen LogP contribution < -0.4 is 4.90 Å². The highest BCUT2D eigenvalue weighted by Crippen LogP contribution is 2.31. The number of hydrogen-bond acceptors (Lipinski definition) is 3. The van der Waals surface area contributed by atoms with Gasteiger partial charge in [0.25, 0.3) is 0 Å². The van der Waals surface area contributed by atoms with E-state index in [1.165, 1.54) is 69.0 Å². The molecule has 24 heavy (non-hydrogen) atoms. The zero-order valence-electron chi connectivity index (χ0n) is 14.9. The summed E-state index contributed by atoms with van der Waals surface area (Å²) in [6.45, 7) is 1.08. The van der Waals surface area contributed by atoms with Crippen LogP contribution in [0.2, 0.25) is 0 Å². The standard InChI is InChI=1S/C21H32N2O/c24-22-19-14-7-5-3-1-2-4-6-8-16-21(19)23-17-11-13-18-12-9-10-15-20(18)23/h9-10,12,15,21,24H,1-8,11,13-14,16-17H2. The molecule has 1 aromatic rings. The molecule has 0 bridgehead atoms. The van der Waals surface area contributed by atoms with Crippen LogP contribution in [0.4, 0.5) is 5.69 Å². The number of rotatable bonds is 1. The Hall–Kier alpha value is -1.51. The number of hydrogen-bond donors (Lipinski definition) is 1. The zero-order valence-corrected chi connectivity index (χ0v) is 14.9. The van der Waals surface area contributed by atoms with Crippen molar-refractivity contribution in [2.45, 2.75) is 83.1 Å². The van der Waals surface area contributed by atoms with Gasteiger partial charge in [-0.25, -0.2) is 0 Å². The van der Waals surface area contributed by atoms with Crippen molar-refractivity contribution in [3.05, 3.63) is 29.8 Å². The molecule has 3 nitrogen and oxygen atoms in total. The Morgan fingerprint density at radius 1 is 0.833 bits per heavy atom. The Bertz CT molecular complexity index is 540. The van der Waals surface area contributed by atoms with E-state index in [0.29, 0.717) is 0 Å². The van der Waals surface area contributed by atoms with Crippen LogP contribution in [0.15, 0.2) is 29.4 Å². The van der Waals surface area contributed by atoms with Crippen molar-refractivity contribution in [1.29, 1.82) is 0 Å². The fraction of sp³-hybridized carbons (Fsp3) is 0.667. The summed E-state index contributed by atoms with van der Waals surface area (Å²) >= 11 is 0. The maximum absolute atomic E-state index is 9.71. The summed E-state index contributed by atoms with van der Waals surface area (Å²) in [5, 5.41) is 13.5. The molecule has 1 heterocycles. The highest BCUT2D eigenvalue weighted by Gasteiger charge is 2.27. The number of benzene rings is 1. The second kappa shape index (κ2) is 9.10. The van der Waals surface area contributed by atoms with Crippen LogP contribution in [-0.4, -0.2) is 23.5 Å². The van der Waals surface area contributed by atoms with Gasteiger partial charge in [-0.05, 0) is 43.7 Å². The third-order valence-electron chi connectivity index (χ3n) is 5.70. The van der Waals surface area contributed by atoms with E-state index in [-0.39, 0.29) is 6.04 Å². The first-order chi connectivity index (χ1) is 11.9. The Kier molecular flexibility index (Phi) is 6.57. The summed E-state index contributed by atoms with van der Waals surface area (Å²) in [5.41, 5.74) is 3.82. The van der Waals surface area contributed by atoms with E-state index in [1.54, 1.807) is 0 Å². The molecule has 1 aromatic carbocycles. The monoisotopic (exact) mass is 328 g/mol. The molecule has 1 atom stereocenters. The molecule has 3 rings (SSSR count). The van der Waals surface area contributed by atoms with Crippen LogP contribution in [0.25, 0.3) is 0 Å². The van der Waals surface area contributed by atoms with Crippen molar-refractivity contribution >= 4 is 11.4 Å². The van der Waals surface area contributed by atoms with E-state index in [9.17, 15) is 5.21 Å². The molecule has 0 amide bonds. The van der Waals surface area contributed by atoms with Crippen molar-refractivity contribution in [1.82, 2.24) is 0 Å². The molecule has 132 valence electrons. The lowest BCUT2D eigenvalue weighted by Gasteiger charge is -2.38.